The molecule has 0 saturated carbocycles. The van der Waals surface area contributed by atoms with Gasteiger partial charge in [-0.3, -0.25) is 0 Å². The molecule has 4 nitrogen and oxygen atoms in total. The highest BCUT2D eigenvalue weighted by Crippen LogP contribution is 2.04. The number of likely N-dealkylation sites (N-methyl/N-ethyl adjacent to an activating group) is 1. The van der Waals surface area contributed by atoms with E-state index in [1.165, 1.54) is 7.11 Å². The number of methoxy groups -OCH3 is 1. The molecule has 0 saturated heterocycles. The van der Waals surface area contributed by atoms with Crippen LogP contribution < -0.4 is 5.32 Å². The van der Waals surface area contributed by atoms with Gasteiger partial charge in [-0.15, -0.1) is 0 Å². The van der Waals surface area contributed by atoms with Crippen molar-refractivity contribution in [2.75, 3.05) is 13.7 Å². The zero-order valence-corrected chi connectivity index (χ0v) is 6.70. The number of esters is 1. The number of ether oxygens (including phenoxy) is 1. The van der Waals surface area contributed by atoms with E-state index in [1.807, 2.05) is 18.0 Å². The first-order chi connectivity index (χ1) is 5.29. The van der Waals surface area contributed by atoms with Gasteiger partial charge >= 0.3 is 5.97 Å². The van der Waals surface area contributed by atoms with Crippen LogP contribution in [0.2, 0.25) is 0 Å². The minimum Gasteiger partial charge on any atom is -0.466 e. The van der Waals surface area contributed by atoms with E-state index in [0.717, 1.165) is 6.54 Å². The molecule has 4 heteroatoms. The maximum Gasteiger partial charge on any atom is 0.349 e. The highest BCUT2D eigenvalue weighted by Gasteiger charge is 2.25. The number of rotatable bonds is 2. The molecule has 0 aliphatic carbocycles. The number of carbonyl (C=O) groups is 1. The molecule has 1 unspecified atom stereocenters. The third-order valence-corrected chi connectivity index (χ3v) is 1.64. The largest absolute Gasteiger partial charge is 0.466 e. The first-order valence-corrected chi connectivity index (χ1v) is 3.56. The van der Waals surface area contributed by atoms with Crippen molar-refractivity contribution in [3.05, 3.63) is 12.4 Å². The Morgan fingerprint density at radius 1 is 1.82 bits per heavy atom. The summed E-state index contributed by atoms with van der Waals surface area (Å²) < 4.78 is 4.58. The fourth-order valence-corrected chi connectivity index (χ4v) is 1.01. The molecule has 1 aliphatic rings. The molecular weight excluding hydrogens is 144 g/mol. The van der Waals surface area contributed by atoms with Gasteiger partial charge in [0, 0.05) is 18.9 Å². The van der Waals surface area contributed by atoms with Crippen molar-refractivity contribution in [2.24, 2.45) is 0 Å². The van der Waals surface area contributed by atoms with Crippen LogP contribution in [-0.2, 0) is 9.53 Å². The van der Waals surface area contributed by atoms with Gasteiger partial charge in [0.1, 0.15) is 0 Å². The topological polar surface area (TPSA) is 41.6 Å². The Morgan fingerprint density at radius 2 is 2.55 bits per heavy atom. The molecule has 62 valence electrons. The van der Waals surface area contributed by atoms with E-state index in [4.69, 9.17) is 0 Å². The molecule has 0 bridgehead atoms. The second-order valence-corrected chi connectivity index (χ2v) is 2.24. The van der Waals surface area contributed by atoms with Crippen molar-refractivity contribution in [1.29, 1.82) is 0 Å². The van der Waals surface area contributed by atoms with Crippen LogP contribution in [0.15, 0.2) is 12.4 Å². The molecule has 11 heavy (non-hydrogen) atoms. The number of hydrogen-bond acceptors (Lipinski definition) is 4. The Hall–Kier alpha value is -1.19. The van der Waals surface area contributed by atoms with Crippen molar-refractivity contribution in [3.63, 3.8) is 0 Å². The summed E-state index contributed by atoms with van der Waals surface area (Å²) in [4.78, 5) is 12.9. The minimum absolute atomic E-state index is 0.253. The molecule has 1 atom stereocenters. The van der Waals surface area contributed by atoms with Gasteiger partial charge in [0.25, 0.3) is 0 Å². The van der Waals surface area contributed by atoms with Crippen LogP contribution in [0.5, 0.6) is 0 Å². The lowest BCUT2D eigenvalue weighted by molar-refractivity contribution is -0.146. The number of nitrogens with one attached hydrogen (secondary N) is 1. The quantitative estimate of drug-likeness (QED) is 0.566. The lowest BCUT2D eigenvalue weighted by Crippen LogP contribution is -2.42. The molecule has 0 spiro atoms. The van der Waals surface area contributed by atoms with Gasteiger partial charge in [0.05, 0.1) is 7.11 Å². The average Bonchev–Trinajstić information content (AvgIpc) is 2.50. The van der Waals surface area contributed by atoms with Crippen molar-refractivity contribution >= 4 is 5.97 Å². The summed E-state index contributed by atoms with van der Waals surface area (Å²) in [6, 6.07) is 0. The molecule has 1 rings (SSSR count). The summed E-state index contributed by atoms with van der Waals surface area (Å²) in [5, 5.41) is 2.88. The molecule has 0 aromatic rings. The van der Waals surface area contributed by atoms with Gasteiger partial charge in [-0.05, 0) is 6.92 Å². The lowest BCUT2D eigenvalue weighted by Gasteiger charge is -2.20. The van der Waals surface area contributed by atoms with E-state index in [0.29, 0.717) is 0 Å². The first-order valence-electron chi connectivity index (χ1n) is 3.56. The van der Waals surface area contributed by atoms with Gasteiger partial charge in [-0.2, -0.15) is 0 Å². The summed E-state index contributed by atoms with van der Waals surface area (Å²) in [6.45, 7) is 2.77. The Morgan fingerprint density at radius 3 is 3.09 bits per heavy atom. The third kappa shape index (κ3) is 1.45. The van der Waals surface area contributed by atoms with Crippen LogP contribution in [0.1, 0.15) is 6.92 Å². The molecular formula is C7H12N2O2. The normalized spacial score (nSPS) is 21.6. The maximum atomic E-state index is 11.0. The van der Waals surface area contributed by atoms with Gasteiger partial charge < -0.3 is 15.0 Å². The fourth-order valence-electron chi connectivity index (χ4n) is 1.01. The summed E-state index contributed by atoms with van der Waals surface area (Å²) >= 11 is 0. The summed E-state index contributed by atoms with van der Waals surface area (Å²) in [6.07, 6.45) is 3.25. The van der Waals surface area contributed by atoms with Gasteiger partial charge in [-0.25, -0.2) is 4.79 Å². The molecule has 0 aromatic carbocycles. The Bertz CT molecular complexity index is 179. The van der Waals surface area contributed by atoms with Crippen LogP contribution >= 0.6 is 0 Å². The number of hydrogen-bond donors (Lipinski definition) is 1. The zero-order valence-electron chi connectivity index (χ0n) is 6.70. The van der Waals surface area contributed by atoms with Crippen molar-refractivity contribution in [2.45, 2.75) is 13.1 Å². The third-order valence-electron chi connectivity index (χ3n) is 1.64. The fraction of sp³-hybridized carbons (Fsp3) is 0.571. The van der Waals surface area contributed by atoms with Crippen LogP contribution in [0.3, 0.4) is 0 Å². The molecule has 1 N–H and O–H groups in total. The summed E-state index contributed by atoms with van der Waals surface area (Å²) in [5.41, 5.74) is 0. The van der Waals surface area contributed by atoms with E-state index in [9.17, 15) is 4.79 Å². The minimum atomic E-state index is -0.329. The van der Waals surface area contributed by atoms with E-state index in [1.54, 1.807) is 6.20 Å². The highest BCUT2D eigenvalue weighted by molar-refractivity contribution is 5.75. The molecule has 1 aliphatic heterocycles. The zero-order chi connectivity index (χ0) is 8.27. The number of nitrogens with zero attached hydrogens (tertiary/aromatic N) is 1. The summed E-state index contributed by atoms with van der Waals surface area (Å²) in [5.74, 6) is -0.253. The molecule has 0 fully saturated rings. The van der Waals surface area contributed by atoms with Crippen molar-refractivity contribution in [1.82, 2.24) is 10.2 Å². The van der Waals surface area contributed by atoms with Crippen LogP contribution in [0.25, 0.3) is 0 Å². The monoisotopic (exact) mass is 156 g/mol. The molecule has 0 amide bonds. The standard InChI is InChI=1S/C7H12N2O2/c1-3-9-5-4-8-6(9)7(10)11-2/h4-6,8H,3H2,1-2H3. The van der Waals surface area contributed by atoms with E-state index >= 15 is 0 Å². The van der Waals surface area contributed by atoms with Crippen molar-refractivity contribution < 1.29 is 9.53 Å². The second-order valence-electron chi connectivity index (χ2n) is 2.24. The van der Waals surface area contributed by atoms with Crippen molar-refractivity contribution in [3.8, 4) is 0 Å². The Labute approximate surface area is 65.8 Å². The van der Waals surface area contributed by atoms with E-state index < -0.39 is 0 Å². The molecule has 0 radical (unpaired) electrons. The van der Waals surface area contributed by atoms with Crippen LogP contribution in [-0.4, -0.2) is 30.7 Å². The second kappa shape index (κ2) is 3.27. The predicted octanol–water partition coefficient (Wildman–Crippen LogP) is -0.118. The predicted molar refractivity (Wildman–Crippen MR) is 40.5 cm³/mol. The average molecular weight is 156 g/mol. The Kier molecular flexibility index (Phi) is 2.36. The van der Waals surface area contributed by atoms with Crippen LogP contribution in [0, 0.1) is 0 Å². The van der Waals surface area contributed by atoms with Crippen LogP contribution in [0.4, 0.5) is 0 Å². The SMILES string of the molecule is CCN1C=CNC1C(=O)OC. The van der Waals surface area contributed by atoms with Gasteiger partial charge in [0.2, 0.25) is 0 Å². The smallest absolute Gasteiger partial charge is 0.349 e. The summed E-state index contributed by atoms with van der Waals surface area (Å²) in [7, 11) is 1.39. The van der Waals surface area contributed by atoms with E-state index in [2.05, 4.69) is 10.1 Å². The van der Waals surface area contributed by atoms with E-state index in [-0.39, 0.29) is 12.1 Å². The number of carbonyl (C=O) groups excluding carboxylic acids is 1. The van der Waals surface area contributed by atoms with Gasteiger partial charge in [-0.1, -0.05) is 0 Å². The molecule has 1 heterocycles. The molecule has 0 aromatic heterocycles. The van der Waals surface area contributed by atoms with Gasteiger partial charge in [0.15, 0.2) is 6.17 Å². The highest BCUT2D eigenvalue weighted by atomic mass is 16.5. The lowest BCUT2D eigenvalue weighted by atomic mass is 10.4. The maximum absolute atomic E-state index is 11.0. The first kappa shape index (κ1) is 7.91. The Balaban J connectivity index is 2.53.